The summed E-state index contributed by atoms with van der Waals surface area (Å²) < 4.78 is 5.52. The van der Waals surface area contributed by atoms with Gasteiger partial charge >= 0.3 is 6.09 Å². The summed E-state index contributed by atoms with van der Waals surface area (Å²) in [5, 5.41) is 6.01. The van der Waals surface area contributed by atoms with Gasteiger partial charge in [-0.25, -0.2) is 4.79 Å². The summed E-state index contributed by atoms with van der Waals surface area (Å²) in [5.74, 6) is -0.414. The molecule has 7 nitrogen and oxygen atoms in total. The van der Waals surface area contributed by atoms with Crippen molar-refractivity contribution in [1.29, 1.82) is 0 Å². The number of alkyl carbamates (subject to hydrolysis) is 1. The van der Waals surface area contributed by atoms with Crippen LogP contribution in [0.15, 0.2) is 36.4 Å². The summed E-state index contributed by atoms with van der Waals surface area (Å²) >= 11 is 0. The smallest absolute Gasteiger partial charge is 0.408 e. The predicted octanol–water partition coefficient (Wildman–Crippen LogP) is 7.80. The summed E-state index contributed by atoms with van der Waals surface area (Å²) in [5.41, 5.74) is 4.56. The highest BCUT2D eigenvalue weighted by molar-refractivity contribution is 6.00. The first-order valence-electron chi connectivity index (χ1n) is 15.2. The van der Waals surface area contributed by atoms with E-state index in [4.69, 9.17) is 4.74 Å². The standard InChI is InChI=1S/C35H53N3O4/c1-21(2)19-20-27(9)38(33(40)29(22(3)4)37-34(41)42-35(10,11)12)31(28-23(5)15-13-16-24(28)6)32(39)36-30-25(7)17-14-18-26(30)8/h13-18,21-22,27,29,31H,19-20H2,1-12H3,(H,36,39)(H,37,41). The van der Waals surface area contributed by atoms with E-state index in [0.717, 1.165) is 39.9 Å². The van der Waals surface area contributed by atoms with Gasteiger partial charge in [-0.1, -0.05) is 64.1 Å². The van der Waals surface area contributed by atoms with Crippen molar-refractivity contribution in [3.63, 3.8) is 0 Å². The molecular formula is C35H53N3O4. The first kappa shape index (κ1) is 34.8. The van der Waals surface area contributed by atoms with Crippen LogP contribution < -0.4 is 10.6 Å². The van der Waals surface area contributed by atoms with Crippen molar-refractivity contribution in [3.8, 4) is 0 Å². The number of hydrogen-bond acceptors (Lipinski definition) is 4. The molecule has 2 rings (SSSR count). The number of nitrogens with one attached hydrogen (secondary N) is 2. The predicted molar refractivity (Wildman–Crippen MR) is 172 cm³/mol. The lowest BCUT2D eigenvalue weighted by Crippen LogP contribution is -2.56. The number of rotatable bonds is 11. The van der Waals surface area contributed by atoms with Gasteiger partial charge in [0.25, 0.3) is 5.91 Å². The van der Waals surface area contributed by atoms with Crippen LogP contribution in [-0.4, -0.2) is 40.5 Å². The van der Waals surface area contributed by atoms with Gasteiger partial charge in [0, 0.05) is 11.7 Å². The summed E-state index contributed by atoms with van der Waals surface area (Å²) in [4.78, 5) is 43.8. The van der Waals surface area contributed by atoms with Crippen molar-refractivity contribution < 1.29 is 19.1 Å². The number of hydrogen-bond donors (Lipinski definition) is 2. The third-order valence-electron chi connectivity index (χ3n) is 7.57. The Morgan fingerprint density at radius 2 is 1.31 bits per heavy atom. The Hall–Kier alpha value is -3.35. The number of carbonyl (C=O) groups excluding carboxylic acids is 3. The van der Waals surface area contributed by atoms with E-state index in [1.807, 2.05) is 84.9 Å². The number of carbonyl (C=O) groups is 3. The number of benzene rings is 2. The fourth-order valence-corrected chi connectivity index (χ4v) is 5.28. The average molecular weight is 580 g/mol. The minimum Gasteiger partial charge on any atom is -0.444 e. The second-order valence-corrected chi connectivity index (χ2v) is 13.4. The van der Waals surface area contributed by atoms with Gasteiger partial charge in [-0.2, -0.15) is 0 Å². The number of ether oxygens (including phenoxy) is 1. The van der Waals surface area contributed by atoms with Crippen molar-refractivity contribution in [1.82, 2.24) is 10.2 Å². The molecule has 232 valence electrons. The van der Waals surface area contributed by atoms with Crippen molar-refractivity contribution in [2.45, 2.75) is 120 Å². The zero-order valence-corrected chi connectivity index (χ0v) is 27.8. The second kappa shape index (κ2) is 14.7. The van der Waals surface area contributed by atoms with Crippen LogP contribution in [0.3, 0.4) is 0 Å². The number of amides is 3. The molecule has 7 heteroatoms. The molecular weight excluding hydrogens is 526 g/mol. The molecule has 2 aromatic carbocycles. The molecule has 0 heterocycles. The Labute approximate surface area is 253 Å². The molecule has 0 aromatic heterocycles. The van der Waals surface area contributed by atoms with Crippen molar-refractivity contribution in [2.75, 3.05) is 5.32 Å². The van der Waals surface area contributed by atoms with Crippen LogP contribution in [-0.2, 0) is 14.3 Å². The average Bonchev–Trinajstić information content (AvgIpc) is 2.85. The van der Waals surface area contributed by atoms with Gasteiger partial charge in [0.05, 0.1) is 0 Å². The van der Waals surface area contributed by atoms with E-state index < -0.39 is 23.8 Å². The molecule has 42 heavy (non-hydrogen) atoms. The van der Waals surface area contributed by atoms with E-state index in [1.54, 1.807) is 25.7 Å². The van der Waals surface area contributed by atoms with Gasteiger partial charge in [0.1, 0.15) is 17.7 Å². The van der Waals surface area contributed by atoms with Crippen LogP contribution in [0.2, 0.25) is 0 Å². The van der Waals surface area contributed by atoms with Crippen LogP contribution in [0.4, 0.5) is 10.5 Å². The topological polar surface area (TPSA) is 87.7 Å². The summed E-state index contributed by atoms with van der Waals surface area (Å²) in [7, 11) is 0. The highest BCUT2D eigenvalue weighted by atomic mass is 16.6. The van der Waals surface area contributed by atoms with Gasteiger partial charge in [-0.05, 0) is 108 Å². The fraction of sp³-hybridized carbons (Fsp3) is 0.571. The molecule has 0 aliphatic heterocycles. The molecule has 3 atom stereocenters. The normalized spacial score (nSPS) is 13.9. The highest BCUT2D eigenvalue weighted by Gasteiger charge is 2.41. The molecule has 2 N–H and O–H groups in total. The third-order valence-corrected chi connectivity index (χ3v) is 7.57. The monoisotopic (exact) mass is 579 g/mol. The Bertz CT molecular complexity index is 1200. The lowest BCUT2D eigenvalue weighted by molar-refractivity contribution is -0.144. The Balaban J connectivity index is 2.74. The zero-order valence-electron chi connectivity index (χ0n) is 27.8. The van der Waals surface area contributed by atoms with Gasteiger partial charge in [0.15, 0.2) is 0 Å². The van der Waals surface area contributed by atoms with Crippen molar-refractivity contribution in [3.05, 3.63) is 64.2 Å². The summed E-state index contributed by atoms with van der Waals surface area (Å²) in [6.45, 7) is 23.3. The second-order valence-electron chi connectivity index (χ2n) is 13.4. The van der Waals surface area contributed by atoms with E-state index in [0.29, 0.717) is 12.3 Å². The third kappa shape index (κ3) is 9.33. The molecule has 3 amide bonds. The van der Waals surface area contributed by atoms with Crippen molar-refractivity contribution >= 4 is 23.6 Å². The maximum absolute atomic E-state index is 14.7. The van der Waals surface area contributed by atoms with E-state index in [-0.39, 0.29) is 23.8 Å². The zero-order chi connectivity index (χ0) is 31.9. The largest absolute Gasteiger partial charge is 0.444 e. The minimum absolute atomic E-state index is 0.245. The van der Waals surface area contributed by atoms with Gasteiger partial charge < -0.3 is 20.3 Å². The Kier molecular flexibility index (Phi) is 12.2. The molecule has 0 aliphatic rings. The van der Waals surface area contributed by atoms with Crippen LogP contribution >= 0.6 is 0 Å². The Morgan fingerprint density at radius 3 is 1.76 bits per heavy atom. The number of anilines is 1. The number of aryl methyl sites for hydroxylation is 4. The van der Waals surface area contributed by atoms with E-state index in [1.165, 1.54) is 0 Å². The van der Waals surface area contributed by atoms with E-state index >= 15 is 0 Å². The Morgan fingerprint density at radius 1 is 0.810 bits per heavy atom. The van der Waals surface area contributed by atoms with Crippen LogP contribution in [0.25, 0.3) is 0 Å². The molecule has 0 bridgehead atoms. The molecule has 0 saturated carbocycles. The number of para-hydroxylation sites is 1. The van der Waals surface area contributed by atoms with E-state index in [9.17, 15) is 14.4 Å². The van der Waals surface area contributed by atoms with Crippen LogP contribution in [0.5, 0.6) is 0 Å². The van der Waals surface area contributed by atoms with Crippen molar-refractivity contribution in [2.24, 2.45) is 11.8 Å². The van der Waals surface area contributed by atoms with Gasteiger partial charge in [-0.3, -0.25) is 9.59 Å². The lowest BCUT2D eigenvalue weighted by atomic mass is 9.90. The minimum atomic E-state index is -0.915. The molecule has 0 spiro atoms. The van der Waals surface area contributed by atoms with E-state index in [2.05, 4.69) is 24.5 Å². The first-order chi connectivity index (χ1) is 19.4. The van der Waals surface area contributed by atoms with Crippen LogP contribution in [0.1, 0.15) is 102 Å². The lowest BCUT2D eigenvalue weighted by Gasteiger charge is -2.40. The molecule has 3 unspecified atom stereocenters. The molecule has 0 fully saturated rings. The quantitative estimate of drug-likeness (QED) is 0.284. The summed E-state index contributed by atoms with van der Waals surface area (Å²) in [6, 6.07) is 9.71. The number of nitrogens with zero attached hydrogens (tertiary/aromatic N) is 1. The molecule has 2 aromatic rings. The van der Waals surface area contributed by atoms with Crippen LogP contribution in [0, 0.1) is 39.5 Å². The molecule has 0 radical (unpaired) electrons. The van der Waals surface area contributed by atoms with Gasteiger partial charge in [0.2, 0.25) is 5.91 Å². The maximum atomic E-state index is 14.7. The molecule has 0 saturated heterocycles. The van der Waals surface area contributed by atoms with Gasteiger partial charge in [-0.15, -0.1) is 0 Å². The SMILES string of the molecule is Cc1cccc(C)c1NC(=O)C(c1c(C)cccc1C)N(C(=O)C(NC(=O)OC(C)(C)C)C(C)C)C(C)CCC(C)C. The maximum Gasteiger partial charge on any atom is 0.408 e. The first-order valence-corrected chi connectivity index (χ1v) is 15.2. The highest BCUT2D eigenvalue weighted by Crippen LogP contribution is 2.34. The fourth-order valence-electron chi connectivity index (χ4n) is 5.28. The molecule has 0 aliphatic carbocycles. The summed E-state index contributed by atoms with van der Waals surface area (Å²) in [6.07, 6.45) is 0.932.